The Labute approximate surface area is 147 Å². The average Bonchev–Trinajstić information content (AvgIpc) is 3.15. The lowest BCUT2D eigenvalue weighted by atomic mass is 9.93. The molecule has 0 N–H and O–H groups in total. The van der Waals surface area contributed by atoms with Crippen LogP contribution in [0.15, 0.2) is 53.5 Å². The Morgan fingerprint density at radius 3 is 2.67 bits per heavy atom. The predicted molar refractivity (Wildman–Crippen MR) is 97.6 cm³/mol. The molecule has 2 aliphatic rings. The van der Waals surface area contributed by atoms with Gasteiger partial charge in [0.2, 0.25) is 0 Å². The SMILES string of the molecule is CC(C)COC1(c2ccc(Cl)cc2)c2ccccc2C2=NCCN21. The van der Waals surface area contributed by atoms with Crippen LogP contribution in [0.5, 0.6) is 0 Å². The standard InChI is InChI=1S/C20H21ClN2O/c1-14(2)13-24-20(15-7-9-16(21)10-8-15)18-6-4-3-5-17(18)19-22-11-12-23(19)20/h3-10,14H,11-13H2,1-2H3. The van der Waals surface area contributed by atoms with Crippen molar-refractivity contribution >= 4 is 17.4 Å². The van der Waals surface area contributed by atoms with Crippen molar-refractivity contribution in [2.75, 3.05) is 19.7 Å². The van der Waals surface area contributed by atoms with Gasteiger partial charge in [-0.3, -0.25) is 4.99 Å². The molecule has 0 spiro atoms. The molecule has 2 aliphatic heterocycles. The minimum atomic E-state index is -0.610. The number of hydrogen-bond acceptors (Lipinski definition) is 3. The number of halogens is 1. The fourth-order valence-corrected chi connectivity index (χ4v) is 3.74. The highest BCUT2D eigenvalue weighted by Crippen LogP contribution is 2.47. The van der Waals surface area contributed by atoms with Crippen LogP contribution in [0.3, 0.4) is 0 Å². The maximum Gasteiger partial charge on any atom is 0.195 e. The predicted octanol–water partition coefficient (Wildman–Crippen LogP) is 4.29. The molecule has 0 radical (unpaired) electrons. The van der Waals surface area contributed by atoms with Gasteiger partial charge in [-0.2, -0.15) is 0 Å². The van der Waals surface area contributed by atoms with E-state index < -0.39 is 5.72 Å². The lowest BCUT2D eigenvalue weighted by Gasteiger charge is -2.39. The number of fused-ring (bicyclic) bond motifs is 3. The Bertz CT molecular complexity index is 784. The monoisotopic (exact) mass is 340 g/mol. The van der Waals surface area contributed by atoms with E-state index >= 15 is 0 Å². The molecule has 2 aromatic carbocycles. The Morgan fingerprint density at radius 2 is 1.92 bits per heavy atom. The van der Waals surface area contributed by atoms with Crippen molar-refractivity contribution in [3.05, 3.63) is 70.2 Å². The van der Waals surface area contributed by atoms with E-state index in [1.165, 1.54) is 11.1 Å². The molecule has 0 fully saturated rings. The highest BCUT2D eigenvalue weighted by molar-refractivity contribution is 6.30. The summed E-state index contributed by atoms with van der Waals surface area (Å²) in [7, 11) is 0. The second-order valence-corrected chi connectivity index (χ2v) is 7.19. The molecule has 1 unspecified atom stereocenters. The fraction of sp³-hybridized carbons (Fsp3) is 0.350. The molecule has 124 valence electrons. The Hall–Kier alpha value is -1.84. The van der Waals surface area contributed by atoms with Crippen molar-refractivity contribution in [2.45, 2.75) is 19.6 Å². The number of nitrogens with zero attached hydrogens (tertiary/aromatic N) is 2. The van der Waals surface area contributed by atoms with Crippen molar-refractivity contribution in [1.82, 2.24) is 4.90 Å². The summed E-state index contributed by atoms with van der Waals surface area (Å²) in [5.74, 6) is 1.49. The third-order valence-electron chi connectivity index (χ3n) is 4.62. The van der Waals surface area contributed by atoms with Gasteiger partial charge in [-0.25, -0.2) is 0 Å². The zero-order valence-corrected chi connectivity index (χ0v) is 14.8. The molecule has 0 aromatic heterocycles. The van der Waals surface area contributed by atoms with Gasteiger partial charge in [0, 0.05) is 28.3 Å². The zero-order valence-electron chi connectivity index (χ0n) is 14.0. The summed E-state index contributed by atoms with van der Waals surface area (Å²) >= 11 is 6.12. The van der Waals surface area contributed by atoms with Crippen LogP contribution in [0.25, 0.3) is 0 Å². The summed E-state index contributed by atoms with van der Waals surface area (Å²) in [5, 5.41) is 0.736. The molecule has 0 aliphatic carbocycles. The van der Waals surface area contributed by atoms with Crippen LogP contribution in [0.4, 0.5) is 0 Å². The van der Waals surface area contributed by atoms with Gasteiger partial charge in [-0.15, -0.1) is 0 Å². The van der Waals surface area contributed by atoms with E-state index in [2.05, 4.69) is 55.1 Å². The molecule has 2 heterocycles. The van der Waals surface area contributed by atoms with Crippen LogP contribution in [0, 0.1) is 5.92 Å². The summed E-state index contributed by atoms with van der Waals surface area (Å²) in [4.78, 5) is 7.05. The van der Waals surface area contributed by atoms with E-state index in [9.17, 15) is 0 Å². The van der Waals surface area contributed by atoms with Gasteiger partial charge in [0.25, 0.3) is 0 Å². The quantitative estimate of drug-likeness (QED) is 0.829. The highest BCUT2D eigenvalue weighted by atomic mass is 35.5. The molecular weight excluding hydrogens is 320 g/mol. The second kappa shape index (κ2) is 5.91. The van der Waals surface area contributed by atoms with Crippen LogP contribution >= 0.6 is 11.6 Å². The van der Waals surface area contributed by atoms with Crippen molar-refractivity contribution in [3.8, 4) is 0 Å². The maximum atomic E-state index is 6.62. The number of benzene rings is 2. The van der Waals surface area contributed by atoms with Crippen molar-refractivity contribution in [3.63, 3.8) is 0 Å². The van der Waals surface area contributed by atoms with E-state index in [4.69, 9.17) is 21.3 Å². The van der Waals surface area contributed by atoms with Gasteiger partial charge in [0.15, 0.2) is 5.72 Å². The summed E-state index contributed by atoms with van der Waals surface area (Å²) in [5.41, 5.74) is 2.84. The molecule has 0 saturated carbocycles. The first-order valence-corrected chi connectivity index (χ1v) is 8.82. The third kappa shape index (κ3) is 2.27. The Morgan fingerprint density at radius 1 is 1.17 bits per heavy atom. The maximum absolute atomic E-state index is 6.62. The second-order valence-electron chi connectivity index (χ2n) is 6.76. The van der Waals surface area contributed by atoms with Crippen molar-refractivity contribution in [1.29, 1.82) is 0 Å². The summed E-state index contributed by atoms with van der Waals surface area (Å²) < 4.78 is 6.62. The molecule has 24 heavy (non-hydrogen) atoms. The van der Waals surface area contributed by atoms with E-state index in [1.807, 2.05) is 12.1 Å². The minimum absolute atomic E-state index is 0.449. The van der Waals surface area contributed by atoms with Crippen LogP contribution in [-0.2, 0) is 10.5 Å². The Kier molecular flexibility index (Phi) is 3.86. The van der Waals surface area contributed by atoms with Gasteiger partial charge in [-0.05, 0) is 18.1 Å². The third-order valence-corrected chi connectivity index (χ3v) is 4.87. The molecule has 0 amide bonds. The summed E-state index contributed by atoms with van der Waals surface area (Å²) in [6, 6.07) is 16.5. The van der Waals surface area contributed by atoms with E-state index in [0.29, 0.717) is 12.5 Å². The topological polar surface area (TPSA) is 24.8 Å². The van der Waals surface area contributed by atoms with Gasteiger partial charge < -0.3 is 9.64 Å². The molecule has 3 nitrogen and oxygen atoms in total. The van der Waals surface area contributed by atoms with Crippen molar-refractivity contribution < 1.29 is 4.74 Å². The minimum Gasteiger partial charge on any atom is -0.347 e. The first-order valence-electron chi connectivity index (χ1n) is 8.45. The van der Waals surface area contributed by atoms with Gasteiger partial charge in [0.1, 0.15) is 5.84 Å². The van der Waals surface area contributed by atoms with Crippen LogP contribution in [0.2, 0.25) is 5.02 Å². The van der Waals surface area contributed by atoms with Crippen LogP contribution in [0.1, 0.15) is 30.5 Å². The van der Waals surface area contributed by atoms with Crippen LogP contribution in [-0.4, -0.2) is 30.4 Å². The first-order chi connectivity index (χ1) is 11.6. The van der Waals surface area contributed by atoms with Gasteiger partial charge in [-0.1, -0.05) is 61.8 Å². The van der Waals surface area contributed by atoms with Gasteiger partial charge in [0.05, 0.1) is 13.2 Å². The van der Waals surface area contributed by atoms with E-state index in [1.54, 1.807) is 0 Å². The average molecular weight is 341 g/mol. The number of aliphatic imine (C=N–C) groups is 1. The molecule has 0 saturated heterocycles. The fourth-order valence-electron chi connectivity index (χ4n) is 3.62. The van der Waals surface area contributed by atoms with Crippen molar-refractivity contribution in [2.24, 2.45) is 10.9 Å². The lowest BCUT2D eigenvalue weighted by molar-refractivity contribution is -0.103. The zero-order chi connectivity index (χ0) is 16.7. The number of amidine groups is 1. The summed E-state index contributed by atoms with van der Waals surface area (Å²) in [6.45, 7) is 6.71. The van der Waals surface area contributed by atoms with E-state index in [0.717, 1.165) is 29.5 Å². The summed E-state index contributed by atoms with van der Waals surface area (Å²) in [6.07, 6.45) is 0. The normalized spacial score (nSPS) is 21.8. The molecule has 4 heteroatoms. The highest BCUT2D eigenvalue weighted by Gasteiger charge is 2.52. The van der Waals surface area contributed by atoms with Gasteiger partial charge >= 0.3 is 0 Å². The number of ether oxygens (including phenoxy) is 1. The molecule has 2 aromatic rings. The first kappa shape index (κ1) is 15.7. The molecule has 0 bridgehead atoms. The number of hydrogen-bond donors (Lipinski definition) is 0. The Balaban J connectivity index is 1.92. The smallest absolute Gasteiger partial charge is 0.195 e. The van der Waals surface area contributed by atoms with Crippen LogP contribution < -0.4 is 0 Å². The molecule has 1 atom stereocenters. The largest absolute Gasteiger partial charge is 0.347 e. The van der Waals surface area contributed by atoms with E-state index in [-0.39, 0.29) is 0 Å². The molecular formula is C20H21ClN2O. The number of rotatable bonds is 4. The molecule has 4 rings (SSSR count). The lowest BCUT2D eigenvalue weighted by Crippen LogP contribution is -2.46.